The molecule has 1 aliphatic rings. The number of nitrogens with zero attached hydrogens (tertiary/aromatic N) is 4. The van der Waals surface area contributed by atoms with Gasteiger partial charge in [0.2, 0.25) is 12.6 Å². The predicted octanol–water partition coefficient (Wildman–Crippen LogP) is 1.58. The highest BCUT2D eigenvalue weighted by Gasteiger charge is 2.18. The molecule has 18 heavy (non-hydrogen) atoms. The first kappa shape index (κ1) is 10.9. The Labute approximate surface area is 107 Å². The first-order valence-electron chi connectivity index (χ1n) is 5.14. The molecule has 0 saturated carbocycles. The van der Waals surface area contributed by atoms with Crippen molar-refractivity contribution in [3.05, 3.63) is 34.9 Å². The largest absolute Gasteiger partial charge is 0.454 e. The van der Waals surface area contributed by atoms with Gasteiger partial charge < -0.3 is 14.0 Å². The van der Waals surface area contributed by atoms with Crippen LogP contribution in [0.5, 0.6) is 11.5 Å². The van der Waals surface area contributed by atoms with Crippen molar-refractivity contribution < 1.29 is 9.47 Å². The molecular formula is C11H7ClN4O2. The van der Waals surface area contributed by atoms with Gasteiger partial charge in [-0.1, -0.05) is 11.6 Å². The number of aromatic nitrogens is 3. The van der Waals surface area contributed by atoms with E-state index >= 15 is 0 Å². The molecular weight excluding hydrogens is 256 g/mol. The van der Waals surface area contributed by atoms with E-state index in [9.17, 15) is 0 Å². The fourth-order valence-corrected chi connectivity index (χ4v) is 2.05. The van der Waals surface area contributed by atoms with Crippen LogP contribution in [0.1, 0.15) is 11.4 Å². The van der Waals surface area contributed by atoms with Gasteiger partial charge in [-0.2, -0.15) is 5.26 Å². The summed E-state index contributed by atoms with van der Waals surface area (Å²) in [6, 6.07) is 5.57. The molecule has 0 saturated heterocycles. The van der Waals surface area contributed by atoms with Crippen LogP contribution in [-0.2, 0) is 6.54 Å². The SMILES string of the molecule is N#Cc1nncn1Cc1cc(Cl)c2c(c1)OCO2. The normalized spacial score (nSPS) is 12.4. The highest BCUT2D eigenvalue weighted by atomic mass is 35.5. The first-order valence-corrected chi connectivity index (χ1v) is 5.51. The summed E-state index contributed by atoms with van der Waals surface area (Å²) < 4.78 is 12.1. The number of nitriles is 1. The Bertz CT molecular complexity index is 647. The molecule has 1 aliphatic heterocycles. The summed E-state index contributed by atoms with van der Waals surface area (Å²) in [5.41, 5.74) is 0.889. The summed E-state index contributed by atoms with van der Waals surface area (Å²) in [5.74, 6) is 1.43. The smallest absolute Gasteiger partial charge is 0.235 e. The fraction of sp³-hybridized carbons (Fsp3) is 0.182. The molecule has 2 aromatic rings. The molecule has 3 rings (SSSR count). The maximum atomic E-state index is 8.85. The van der Waals surface area contributed by atoms with Crippen LogP contribution in [0.25, 0.3) is 0 Å². The maximum absolute atomic E-state index is 8.85. The van der Waals surface area contributed by atoms with E-state index in [2.05, 4.69) is 10.2 Å². The highest BCUT2D eigenvalue weighted by Crippen LogP contribution is 2.39. The third kappa shape index (κ3) is 1.75. The van der Waals surface area contributed by atoms with Gasteiger partial charge in [0.25, 0.3) is 0 Å². The lowest BCUT2D eigenvalue weighted by atomic mass is 10.2. The zero-order valence-electron chi connectivity index (χ0n) is 9.13. The number of hydrogen-bond acceptors (Lipinski definition) is 5. The van der Waals surface area contributed by atoms with Crippen molar-refractivity contribution in [3.63, 3.8) is 0 Å². The Morgan fingerprint density at radius 1 is 1.44 bits per heavy atom. The molecule has 1 aromatic carbocycles. The van der Waals surface area contributed by atoms with Crippen molar-refractivity contribution >= 4 is 11.6 Å². The Morgan fingerprint density at radius 3 is 3.17 bits per heavy atom. The number of halogens is 1. The number of hydrogen-bond donors (Lipinski definition) is 0. The summed E-state index contributed by atoms with van der Waals surface area (Å²) >= 11 is 6.08. The Kier molecular flexibility index (Phi) is 2.54. The van der Waals surface area contributed by atoms with E-state index in [1.54, 1.807) is 10.6 Å². The fourth-order valence-electron chi connectivity index (χ4n) is 1.77. The molecule has 6 nitrogen and oxygen atoms in total. The second kappa shape index (κ2) is 4.20. The molecule has 1 aromatic heterocycles. The van der Waals surface area contributed by atoms with Crippen LogP contribution in [0.2, 0.25) is 5.02 Å². The van der Waals surface area contributed by atoms with Crippen LogP contribution in [-0.4, -0.2) is 21.6 Å². The number of rotatable bonds is 2. The van der Waals surface area contributed by atoms with Crippen LogP contribution in [0.4, 0.5) is 0 Å². The lowest BCUT2D eigenvalue weighted by Gasteiger charge is -2.06. The van der Waals surface area contributed by atoms with Gasteiger partial charge in [-0.25, -0.2) is 0 Å². The van der Waals surface area contributed by atoms with Crippen molar-refractivity contribution in [2.75, 3.05) is 6.79 Å². The number of ether oxygens (including phenoxy) is 2. The Hall–Kier alpha value is -2.26. The van der Waals surface area contributed by atoms with Crippen LogP contribution in [0.3, 0.4) is 0 Å². The summed E-state index contributed by atoms with van der Waals surface area (Å²) in [6.45, 7) is 0.626. The zero-order valence-corrected chi connectivity index (χ0v) is 9.89. The second-order valence-electron chi connectivity index (χ2n) is 3.71. The lowest BCUT2D eigenvalue weighted by Crippen LogP contribution is -2.01. The molecule has 0 bridgehead atoms. The maximum Gasteiger partial charge on any atom is 0.235 e. The molecule has 0 spiro atoms. The van der Waals surface area contributed by atoms with Gasteiger partial charge in [-0.3, -0.25) is 0 Å². The van der Waals surface area contributed by atoms with Crippen LogP contribution in [0.15, 0.2) is 18.5 Å². The number of fused-ring (bicyclic) bond motifs is 1. The van der Waals surface area contributed by atoms with Gasteiger partial charge in [0, 0.05) is 0 Å². The minimum absolute atomic E-state index is 0.175. The monoisotopic (exact) mass is 262 g/mol. The van der Waals surface area contributed by atoms with Gasteiger partial charge in [-0.05, 0) is 17.7 Å². The molecule has 0 N–H and O–H groups in total. The van der Waals surface area contributed by atoms with Gasteiger partial charge in [0.1, 0.15) is 12.4 Å². The average molecular weight is 263 g/mol. The van der Waals surface area contributed by atoms with Gasteiger partial charge >= 0.3 is 0 Å². The van der Waals surface area contributed by atoms with E-state index in [4.69, 9.17) is 26.3 Å². The Balaban J connectivity index is 1.95. The summed E-state index contributed by atoms with van der Waals surface area (Å²) in [7, 11) is 0. The zero-order chi connectivity index (χ0) is 12.5. The Morgan fingerprint density at radius 2 is 2.33 bits per heavy atom. The standard InChI is InChI=1S/C11H7ClN4O2/c12-8-1-7(2-9-11(8)18-6-17-9)4-16-5-14-15-10(16)3-13/h1-2,5H,4,6H2. The van der Waals surface area contributed by atoms with E-state index in [1.807, 2.05) is 12.1 Å². The van der Waals surface area contributed by atoms with Crippen LogP contribution >= 0.6 is 11.6 Å². The van der Waals surface area contributed by atoms with Crippen molar-refractivity contribution in [2.45, 2.75) is 6.54 Å². The number of benzene rings is 1. The molecule has 0 unspecified atom stereocenters. The second-order valence-corrected chi connectivity index (χ2v) is 4.11. The van der Waals surface area contributed by atoms with Crippen LogP contribution < -0.4 is 9.47 Å². The van der Waals surface area contributed by atoms with E-state index < -0.39 is 0 Å². The topological polar surface area (TPSA) is 73.0 Å². The van der Waals surface area contributed by atoms with E-state index in [0.29, 0.717) is 23.1 Å². The minimum atomic E-state index is 0.175. The quantitative estimate of drug-likeness (QED) is 0.821. The summed E-state index contributed by atoms with van der Waals surface area (Å²) in [5, 5.41) is 16.7. The molecule has 0 amide bonds. The highest BCUT2D eigenvalue weighted by molar-refractivity contribution is 6.32. The third-order valence-corrected chi connectivity index (χ3v) is 2.84. The minimum Gasteiger partial charge on any atom is -0.454 e. The average Bonchev–Trinajstić information content (AvgIpc) is 2.97. The summed E-state index contributed by atoms with van der Waals surface area (Å²) in [6.07, 6.45) is 1.50. The van der Waals surface area contributed by atoms with Gasteiger partial charge in [0.15, 0.2) is 11.5 Å². The molecule has 0 aliphatic carbocycles. The first-order chi connectivity index (χ1) is 8.78. The van der Waals surface area contributed by atoms with Crippen molar-refractivity contribution in [2.24, 2.45) is 0 Å². The predicted molar refractivity (Wildman–Crippen MR) is 61.4 cm³/mol. The molecule has 0 fully saturated rings. The third-order valence-electron chi connectivity index (χ3n) is 2.56. The van der Waals surface area contributed by atoms with Gasteiger partial charge in [-0.15, -0.1) is 10.2 Å². The van der Waals surface area contributed by atoms with Crippen molar-refractivity contribution in [3.8, 4) is 17.6 Å². The van der Waals surface area contributed by atoms with Gasteiger partial charge in [0.05, 0.1) is 11.6 Å². The molecule has 0 atom stereocenters. The lowest BCUT2D eigenvalue weighted by molar-refractivity contribution is 0.174. The summed E-state index contributed by atoms with van der Waals surface area (Å²) in [4.78, 5) is 0. The molecule has 2 heterocycles. The van der Waals surface area contributed by atoms with Crippen molar-refractivity contribution in [1.29, 1.82) is 5.26 Å². The van der Waals surface area contributed by atoms with Crippen LogP contribution in [0, 0.1) is 11.3 Å². The molecule has 0 radical (unpaired) electrons. The van der Waals surface area contributed by atoms with Crippen molar-refractivity contribution in [1.82, 2.24) is 14.8 Å². The van der Waals surface area contributed by atoms with E-state index in [0.717, 1.165) is 5.56 Å². The molecule has 7 heteroatoms. The van der Waals surface area contributed by atoms with E-state index in [-0.39, 0.29) is 12.6 Å². The molecule has 90 valence electrons. The van der Waals surface area contributed by atoms with E-state index in [1.165, 1.54) is 6.33 Å².